The van der Waals surface area contributed by atoms with E-state index >= 15 is 0 Å². The topological polar surface area (TPSA) is 168 Å². The number of esters is 5. The molecule has 1 saturated heterocycles. The molecule has 1 aromatic carbocycles. The maximum Gasteiger partial charge on any atom is 0.303 e. The van der Waals surface area contributed by atoms with Crippen LogP contribution in [0.5, 0.6) is 17.2 Å². The first-order chi connectivity index (χ1) is 19.4. The van der Waals surface area contributed by atoms with Gasteiger partial charge in [-0.1, -0.05) is 6.08 Å². The highest BCUT2D eigenvalue weighted by molar-refractivity contribution is 5.69. The minimum atomic E-state index is -1.50. The summed E-state index contributed by atoms with van der Waals surface area (Å²) in [6.45, 7) is 5.43. The van der Waals surface area contributed by atoms with E-state index in [0.29, 0.717) is 5.56 Å². The third-order valence-corrected chi connectivity index (χ3v) is 5.36. The van der Waals surface area contributed by atoms with E-state index in [1.807, 2.05) is 0 Å². The molecule has 0 bridgehead atoms. The highest BCUT2D eigenvalue weighted by Crippen LogP contribution is 2.41. The van der Waals surface area contributed by atoms with Gasteiger partial charge < -0.3 is 42.6 Å². The van der Waals surface area contributed by atoms with Crippen molar-refractivity contribution >= 4 is 35.9 Å². The van der Waals surface area contributed by atoms with Crippen molar-refractivity contribution in [3.8, 4) is 17.2 Å². The van der Waals surface area contributed by atoms with Gasteiger partial charge in [-0.2, -0.15) is 0 Å². The second kappa shape index (κ2) is 15.5. The molecule has 14 nitrogen and oxygen atoms in total. The number of rotatable bonds is 12. The standard InChI is InChI=1S/C27H34O14/c1-14(28)35-10-8-9-19-11-20(33-6)23(21(12-19)34-7)41-27-26(39-18(5)32)25(38-17(4)31)24(37-16(3)30)22(40-27)13-36-15(2)29/h8-9,11-12,22,24-27H,10,13H2,1-7H3/b9-8+/t22-,24-,25+,26-,27+/m1/s1. The smallest absolute Gasteiger partial charge is 0.303 e. The fourth-order valence-corrected chi connectivity index (χ4v) is 3.86. The Morgan fingerprint density at radius 3 is 1.73 bits per heavy atom. The maximum atomic E-state index is 12.1. The quantitative estimate of drug-likeness (QED) is 0.258. The molecule has 0 saturated carbocycles. The van der Waals surface area contributed by atoms with Gasteiger partial charge in [-0.05, 0) is 23.8 Å². The average molecular weight is 583 g/mol. The van der Waals surface area contributed by atoms with E-state index in [2.05, 4.69) is 0 Å². The largest absolute Gasteiger partial charge is 0.493 e. The summed E-state index contributed by atoms with van der Waals surface area (Å²) in [6.07, 6.45) is -3.64. The van der Waals surface area contributed by atoms with Crippen LogP contribution < -0.4 is 14.2 Å². The summed E-state index contributed by atoms with van der Waals surface area (Å²) in [5.41, 5.74) is 0.597. The van der Waals surface area contributed by atoms with Crippen LogP contribution in [0.3, 0.4) is 0 Å². The van der Waals surface area contributed by atoms with E-state index in [0.717, 1.165) is 20.8 Å². The van der Waals surface area contributed by atoms with Gasteiger partial charge in [0.2, 0.25) is 18.1 Å². The summed E-state index contributed by atoms with van der Waals surface area (Å²) in [5, 5.41) is 0. The molecule has 14 heteroatoms. The highest BCUT2D eigenvalue weighted by Gasteiger charge is 2.53. The Morgan fingerprint density at radius 2 is 1.24 bits per heavy atom. The zero-order chi connectivity index (χ0) is 30.7. The van der Waals surface area contributed by atoms with Gasteiger partial charge in [0.25, 0.3) is 0 Å². The Kier molecular flexibility index (Phi) is 12.4. The fraction of sp³-hybridized carbons (Fsp3) is 0.519. The van der Waals surface area contributed by atoms with E-state index in [-0.39, 0.29) is 23.9 Å². The molecule has 226 valence electrons. The van der Waals surface area contributed by atoms with Crippen molar-refractivity contribution in [2.24, 2.45) is 0 Å². The number of methoxy groups -OCH3 is 2. The van der Waals surface area contributed by atoms with Crippen molar-refractivity contribution in [1.82, 2.24) is 0 Å². The normalized spacial score (nSPS) is 21.8. The van der Waals surface area contributed by atoms with E-state index in [4.69, 9.17) is 42.6 Å². The molecular formula is C27H34O14. The zero-order valence-corrected chi connectivity index (χ0v) is 23.8. The number of benzene rings is 1. The molecule has 1 heterocycles. The molecule has 0 aliphatic carbocycles. The zero-order valence-electron chi connectivity index (χ0n) is 23.8. The Balaban J connectivity index is 2.56. The molecule has 1 aliphatic rings. The number of carbonyl (C=O) groups excluding carboxylic acids is 5. The van der Waals surface area contributed by atoms with Gasteiger partial charge in [0.15, 0.2) is 23.7 Å². The van der Waals surface area contributed by atoms with Gasteiger partial charge in [0, 0.05) is 34.6 Å². The van der Waals surface area contributed by atoms with E-state index in [1.54, 1.807) is 24.3 Å². The lowest BCUT2D eigenvalue weighted by molar-refractivity contribution is -0.288. The third-order valence-electron chi connectivity index (χ3n) is 5.36. The molecule has 0 spiro atoms. The first-order valence-corrected chi connectivity index (χ1v) is 12.4. The molecule has 0 radical (unpaired) electrons. The Bertz CT molecular complexity index is 1120. The van der Waals surface area contributed by atoms with Crippen molar-refractivity contribution in [2.45, 2.75) is 65.3 Å². The minimum Gasteiger partial charge on any atom is -0.493 e. The van der Waals surface area contributed by atoms with Crippen LogP contribution in [0.25, 0.3) is 6.08 Å². The lowest BCUT2D eigenvalue weighted by atomic mass is 9.98. The lowest BCUT2D eigenvalue weighted by Crippen LogP contribution is -2.63. The van der Waals surface area contributed by atoms with E-state index in [1.165, 1.54) is 28.1 Å². The van der Waals surface area contributed by atoms with Crippen LogP contribution in [-0.4, -0.2) is 88.0 Å². The molecule has 1 aromatic rings. The van der Waals surface area contributed by atoms with Crippen LogP contribution in [0.15, 0.2) is 18.2 Å². The van der Waals surface area contributed by atoms with Crippen LogP contribution in [0, 0.1) is 0 Å². The van der Waals surface area contributed by atoms with Crippen molar-refractivity contribution in [3.05, 3.63) is 23.8 Å². The average Bonchev–Trinajstić information content (AvgIpc) is 2.88. The molecule has 0 aromatic heterocycles. The monoisotopic (exact) mass is 582 g/mol. The molecule has 5 atom stereocenters. The van der Waals surface area contributed by atoms with Crippen LogP contribution in [-0.2, 0) is 52.4 Å². The van der Waals surface area contributed by atoms with Crippen LogP contribution in [0.1, 0.15) is 40.2 Å². The van der Waals surface area contributed by atoms with Gasteiger partial charge in [0.1, 0.15) is 19.3 Å². The second-order valence-corrected chi connectivity index (χ2v) is 8.65. The molecule has 0 N–H and O–H groups in total. The number of ether oxygens (including phenoxy) is 9. The van der Waals surface area contributed by atoms with Crippen molar-refractivity contribution in [1.29, 1.82) is 0 Å². The molecule has 0 amide bonds. The Hall–Kier alpha value is -4.33. The lowest BCUT2D eigenvalue weighted by Gasteiger charge is -2.44. The predicted molar refractivity (Wildman–Crippen MR) is 138 cm³/mol. The number of hydrogen-bond donors (Lipinski definition) is 0. The number of hydrogen-bond acceptors (Lipinski definition) is 14. The number of carbonyl (C=O) groups is 5. The molecule has 41 heavy (non-hydrogen) atoms. The van der Waals surface area contributed by atoms with Gasteiger partial charge in [-0.3, -0.25) is 24.0 Å². The summed E-state index contributed by atoms with van der Waals surface area (Å²) < 4.78 is 49.3. The predicted octanol–water partition coefficient (Wildman–Crippen LogP) is 1.74. The SMILES string of the molecule is COc1cc(/C=C/COC(C)=O)cc(OC)c1O[C@@H]1O[C@H](COC(C)=O)[C@@H](OC(C)=O)[C@H](OC(C)=O)[C@H]1OC(C)=O. The molecular weight excluding hydrogens is 548 g/mol. The summed E-state index contributed by atoms with van der Waals surface area (Å²) in [6, 6.07) is 3.18. The van der Waals surface area contributed by atoms with Crippen LogP contribution in [0.4, 0.5) is 0 Å². The van der Waals surface area contributed by atoms with Crippen molar-refractivity contribution in [3.63, 3.8) is 0 Å². The second-order valence-electron chi connectivity index (χ2n) is 8.65. The molecule has 1 fully saturated rings. The van der Waals surface area contributed by atoms with Gasteiger partial charge in [-0.15, -0.1) is 0 Å². The maximum absolute atomic E-state index is 12.1. The highest BCUT2D eigenvalue weighted by atomic mass is 16.7. The molecule has 1 aliphatic heterocycles. The summed E-state index contributed by atoms with van der Waals surface area (Å²) >= 11 is 0. The van der Waals surface area contributed by atoms with Crippen molar-refractivity contribution in [2.75, 3.05) is 27.4 Å². The third kappa shape index (κ3) is 9.98. The fourth-order valence-electron chi connectivity index (χ4n) is 3.86. The van der Waals surface area contributed by atoms with Gasteiger partial charge >= 0.3 is 29.8 Å². The van der Waals surface area contributed by atoms with E-state index < -0.39 is 67.2 Å². The molecule has 2 rings (SSSR count). The van der Waals surface area contributed by atoms with E-state index in [9.17, 15) is 24.0 Å². The molecule has 0 unspecified atom stereocenters. The summed E-state index contributed by atoms with van der Waals surface area (Å²) in [7, 11) is 2.75. The summed E-state index contributed by atoms with van der Waals surface area (Å²) in [4.78, 5) is 58.6. The Labute approximate surface area is 236 Å². The first-order valence-electron chi connectivity index (χ1n) is 12.4. The first kappa shape index (κ1) is 32.9. The van der Waals surface area contributed by atoms with Gasteiger partial charge in [-0.25, -0.2) is 0 Å². The van der Waals surface area contributed by atoms with Crippen LogP contribution >= 0.6 is 0 Å². The minimum absolute atomic E-state index is 0.0213. The summed E-state index contributed by atoms with van der Waals surface area (Å²) in [5.74, 6) is -3.04. The Morgan fingerprint density at radius 1 is 0.732 bits per heavy atom. The van der Waals surface area contributed by atoms with Gasteiger partial charge in [0.05, 0.1) is 14.2 Å². The van der Waals surface area contributed by atoms with Crippen LogP contribution in [0.2, 0.25) is 0 Å². The van der Waals surface area contributed by atoms with Crippen molar-refractivity contribution < 1.29 is 66.6 Å².